The van der Waals surface area contributed by atoms with Crippen molar-refractivity contribution < 1.29 is 14.5 Å². The SMILES string of the molecule is CCC1=C(c2cccc([N+](=O)[O-])c2)N(C(=O)OC(C)(C)C)C1. The molecule has 1 amide bonds. The highest BCUT2D eigenvalue weighted by Gasteiger charge is 2.34. The van der Waals surface area contributed by atoms with E-state index < -0.39 is 16.6 Å². The Bertz CT molecular complexity index is 644. The van der Waals surface area contributed by atoms with Gasteiger partial charge in [-0.25, -0.2) is 4.79 Å². The summed E-state index contributed by atoms with van der Waals surface area (Å²) in [5.74, 6) is 0. The van der Waals surface area contributed by atoms with Gasteiger partial charge in [0.2, 0.25) is 0 Å². The van der Waals surface area contributed by atoms with Gasteiger partial charge in [-0.2, -0.15) is 0 Å². The predicted molar refractivity (Wildman–Crippen MR) is 83.2 cm³/mol. The summed E-state index contributed by atoms with van der Waals surface area (Å²) in [5.41, 5.74) is 1.92. The number of ether oxygens (including phenoxy) is 1. The molecule has 1 aliphatic heterocycles. The zero-order valence-corrected chi connectivity index (χ0v) is 13.3. The fourth-order valence-corrected chi connectivity index (χ4v) is 2.32. The third kappa shape index (κ3) is 3.27. The van der Waals surface area contributed by atoms with Gasteiger partial charge >= 0.3 is 6.09 Å². The molecule has 22 heavy (non-hydrogen) atoms. The van der Waals surface area contributed by atoms with Crippen LogP contribution in [-0.4, -0.2) is 28.1 Å². The van der Waals surface area contributed by atoms with Crippen molar-refractivity contribution in [3.05, 3.63) is 45.5 Å². The molecule has 6 nitrogen and oxygen atoms in total. The fourth-order valence-electron chi connectivity index (χ4n) is 2.32. The van der Waals surface area contributed by atoms with Crippen molar-refractivity contribution in [1.82, 2.24) is 4.90 Å². The van der Waals surface area contributed by atoms with E-state index in [0.29, 0.717) is 12.1 Å². The monoisotopic (exact) mass is 304 g/mol. The second-order valence-electron chi connectivity index (χ2n) is 6.18. The molecule has 0 radical (unpaired) electrons. The molecule has 0 bridgehead atoms. The summed E-state index contributed by atoms with van der Waals surface area (Å²) in [6.45, 7) is 7.93. The van der Waals surface area contributed by atoms with Gasteiger partial charge in [0.05, 0.1) is 17.2 Å². The molecule has 1 heterocycles. The van der Waals surface area contributed by atoms with Crippen molar-refractivity contribution in [2.24, 2.45) is 0 Å². The molecule has 1 aliphatic rings. The van der Waals surface area contributed by atoms with Crippen LogP contribution in [0, 0.1) is 10.1 Å². The van der Waals surface area contributed by atoms with E-state index in [1.165, 1.54) is 17.0 Å². The molecular weight excluding hydrogens is 284 g/mol. The highest BCUT2D eigenvalue weighted by Crippen LogP contribution is 2.36. The van der Waals surface area contributed by atoms with Gasteiger partial charge in [0.1, 0.15) is 5.60 Å². The lowest BCUT2D eigenvalue weighted by Gasteiger charge is -2.38. The van der Waals surface area contributed by atoms with E-state index in [2.05, 4.69) is 0 Å². The lowest BCUT2D eigenvalue weighted by Crippen LogP contribution is -2.43. The van der Waals surface area contributed by atoms with Gasteiger partial charge in [-0.3, -0.25) is 15.0 Å². The third-order valence-electron chi connectivity index (χ3n) is 3.32. The number of benzene rings is 1. The second kappa shape index (κ2) is 5.79. The van der Waals surface area contributed by atoms with Crippen LogP contribution < -0.4 is 0 Å². The van der Waals surface area contributed by atoms with Gasteiger partial charge in [0.15, 0.2) is 0 Å². The molecule has 0 unspecified atom stereocenters. The molecule has 0 spiro atoms. The topological polar surface area (TPSA) is 72.7 Å². The van der Waals surface area contributed by atoms with Crippen LogP contribution in [0.4, 0.5) is 10.5 Å². The van der Waals surface area contributed by atoms with Crippen LogP contribution in [0.15, 0.2) is 29.8 Å². The number of non-ortho nitro benzene ring substituents is 1. The Kier molecular flexibility index (Phi) is 4.21. The Morgan fingerprint density at radius 3 is 2.64 bits per heavy atom. The average molecular weight is 304 g/mol. The molecule has 0 aromatic heterocycles. The normalized spacial score (nSPS) is 14.6. The first kappa shape index (κ1) is 16.0. The van der Waals surface area contributed by atoms with E-state index in [-0.39, 0.29) is 5.69 Å². The molecule has 0 saturated heterocycles. The zero-order chi connectivity index (χ0) is 16.5. The van der Waals surface area contributed by atoms with Crippen LogP contribution >= 0.6 is 0 Å². The van der Waals surface area contributed by atoms with Crippen molar-refractivity contribution >= 4 is 17.5 Å². The summed E-state index contributed by atoms with van der Waals surface area (Å²) < 4.78 is 5.38. The van der Waals surface area contributed by atoms with Gasteiger partial charge in [-0.15, -0.1) is 0 Å². The van der Waals surface area contributed by atoms with Crippen LogP contribution in [0.5, 0.6) is 0 Å². The van der Waals surface area contributed by atoms with Crippen molar-refractivity contribution in [3.63, 3.8) is 0 Å². The first-order valence-electron chi connectivity index (χ1n) is 7.20. The van der Waals surface area contributed by atoms with Crippen LogP contribution in [0.3, 0.4) is 0 Å². The third-order valence-corrected chi connectivity index (χ3v) is 3.32. The number of carbonyl (C=O) groups is 1. The van der Waals surface area contributed by atoms with Gasteiger partial charge < -0.3 is 4.74 Å². The van der Waals surface area contributed by atoms with E-state index in [0.717, 1.165) is 17.7 Å². The number of carbonyl (C=O) groups excluding carboxylic acids is 1. The molecule has 1 aromatic carbocycles. The van der Waals surface area contributed by atoms with Gasteiger partial charge in [-0.1, -0.05) is 19.1 Å². The van der Waals surface area contributed by atoms with Gasteiger partial charge in [-0.05, 0) is 32.8 Å². The smallest absolute Gasteiger partial charge is 0.415 e. The Morgan fingerprint density at radius 2 is 2.09 bits per heavy atom. The number of nitrogens with zero attached hydrogens (tertiary/aromatic N) is 2. The maximum atomic E-state index is 12.2. The Morgan fingerprint density at radius 1 is 1.41 bits per heavy atom. The Balaban J connectivity index is 2.32. The van der Waals surface area contributed by atoms with E-state index >= 15 is 0 Å². The van der Waals surface area contributed by atoms with Gasteiger partial charge in [0, 0.05) is 17.7 Å². The van der Waals surface area contributed by atoms with Crippen molar-refractivity contribution in [2.45, 2.75) is 39.7 Å². The molecule has 118 valence electrons. The molecule has 0 saturated carbocycles. The molecular formula is C16H20N2O4. The largest absolute Gasteiger partial charge is 0.443 e. The molecule has 2 rings (SSSR count). The lowest BCUT2D eigenvalue weighted by molar-refractivity contribution is -0.384. The second-order valence-corrected chi connectivity index (χ2v) is 6.18. The summed E-state index contributed by atoms with van der Waals surface area (Å²) in [5, 5.41) is 10.9. The molecule has 0 N–H and O–H groups in total. The summed E-state index contributed by atoms with van der Waals surface area (Å²) in [7, 11) is 0. The molecule has 0 aliphatic carbocycles. The highest BCUT2D eigenvalue weighted by molar-refractivity contribution is 5.88. The summed E-state index contributed by atoms with van der Waals surface area (Å²) >= 11 is 0. The number of hydrogen-bond donors (Lipinski definition) is 0. The summed E-state index contributed by atoms with van der Waals surface area (Å²) in [4.78, 5) is 24.3. The van der Waals surface area contributed by atoms with E-state index in [4.69, 9.17) is 4.74 Å². The average Bonchev–Trinajstić information content (AvgIpc) is 2.36. The Hall–Kier alpha value is -2.37. The van der Waals surface area contributed by atoms with E-state index in [1.807, 2.05) is 27.7 Å². The van der Waals surface area contributed by atoms with Crippen LogP contribution in [0.2, 0.25) is 0 Å². The first-order chi connectivity index (χ1) is 10.2. The standard InChI is InChI=1S/C16H20N2O4/c1-5-11-10-17(15(19)22-16(2,3)4)14(11)12-7-6-8-13(9-12)18(20)21/h6-9H,5,10H2,1-4H3. The molecule has 0 fully saturated rings. The molecule has 1 aromatic rings. The number of nitro benzene ring substituents is 1. The first-order valence-corrected chi connectivity index (χ1v) is 7.20. The predicted octanol–water partition coefficient (Wildman–Crippen LogP) is 3.97. The minimum absolute atomic E-state index is 0.0106. The fraction of sp³-hybridized carbons (Fsp3) is 0.438. The minimum Gasteiger partial charge on any atom is -0.443 e. The lowest BCUT2D eigenvalue weighted by atomic mass is 9.95. The summed E-state index contributed by atoms with van der Waals surface area (Å²) in [6, 6.07) is 6.32. The summed E-state index contributed by atoms with van der Waals surface area (Å²) in [6.07, 6.45) is 0.364. The maximum Gasteiger partial charge on any atom is 0.415 e. The number of hydrogen-bond acceptors (Lipinski definition) is 4. The van der Waals surface area contributed by atoms with Gasteiger partial charge in [0.25, 0.3) is 5.69 Å². The van der Waals surface area contributed by atoms with E-state index in [1.54, 1.807) is 12.1 Å². The van der Waals surface area contributed by atoms with E-state index in [9.17, 15) is 14.9 Å². The highest BCUT2D eigenvalue weighted by atomic mass is 16.6. The van der Waals surface area contributed by atoms with Crippen molar-refractivity contribution in [2.75, 3.05) is 6.54 Å². The van der Waals surface area contributed by atoms with Crippen LogP contribution in [0.1, 0.15) is 39.7 Å². The number of amides is 1. The molecule has 6 heteroatoms. The van der Waals surface area contributed by atoms with Crippen molar-refractivity contribution in [1.29, 1.82) is 0 Å². The Labute approximate surface area is 129 Å². The maximum absolute atomic E-state index is 12.2. The minimum atomic E-state index is -0.577. The number of nitro groups is 1. The van der Waals surface area contributed by atoms with Crippen molar-refractivity contribution in [3.8, 4) is 0 Å². The van der Waals surface area contributed by atoms with Crippen LogP contribution in [-0.2, 0) is 4.74 Å². The molecule has 0 atom stereocenters. The zero-order valence-electron chi connectivity index (χ0n) is 13.3. The number of rotatable bonds is 3. The quantitative estimate of drug-likeness (QED) is 0.625. The van der Waals surface area contributed by atoms with Crippen LogP contribution in [0.25, 0.3) is 5.70 Å².